The monoisotopic (exact) mass is 394 g/mol. The van der Waals surface area contributed by atoms with E-state index in [1.54, 1.807) is 24.5 Å². The van der Waals surface area contributed by atoms with Gasteiger partial charge in [-0.05, 0) is 55.4 Å². The Kier molecular flexibility index (Phi) is 5.47. The first-order valence-electron chi connectivity index (χ1n) is 10.3. The second kappa shape index (κ2) is 8.19. The van der Waals surface area contributed by atoms with Gasteiger partial charge in [-0.2, -0.15) is 0 Å². The number of carbonyl (C=O) groups is 1. The van der Waals surface area contributed by atoms with Crippen LogP contribution in [0.3, 0.4) is 0 Å². The lowest BCUT2D eigenvalue weighted by atomic mass is 9.98. The van der Waals surface area contributed by atoms with E-state index < -0.39 is 0 Å². The number of anilines is 1. The van der Waals surface area contributed by atoms with Crippen LogP contribution in [0, 0.1) is 16.0 Å². The van der Waals surface area contributed by atoms with E-state index in [9.17, 15) is 14.9 Å². The summed E-state index contributed by atoms with van der Waals surface area (Å²) in [6.07, 6.45) is 7.35. The number of likely N-dealkylation sites (tertiary alicyclic amines) is 1. The van der Waals surface area contributed by atoms with Crippen LogP contribution in [0.5, 0.6) is 0 Å². The summed E-state index contributed by atoms with van der Waals surface area (Å²) in [6, 6.07) is 8.76. The second-order valence-corrected chi connectivity index (χ2v) is 8.07. The zero-order valence-corrected chi connectivity index (χ0v) is 16.7. The predicted octanol–water partition coefficient (Wildman–Crippen LogP) is 4.20. The van der Waals surface area contributed by atoms with Gasteiger partial charge >= 0.3 is 0 Å². The van der Waals surface area contributed by atoms with E-state index >= 15 is 0 Å². The van der Waals surface area contributed by atoms with Crippen molar-refractivity contribution in [2.24, 2.45) is 5.92 Å². The lowest BCUT2D eigenvalue weighted by Crippen LogP contribution is -2.33. The van der Waals surface area contributed by atoms with Crippen molar-refractivity contribution in [3.63, 3.8) is 0 Å². The number of hydrogen-bond acceptors (Lipinski definition) is 5. The van der Waals surface area contributed by atoms with Crippen molar-refractivity contribution in [2.75, 3.05) is 24.5 Å². The van der Waals surface area contributed by atoms with Gasteiger partial charge in [0.25, 0.3) is 11.6 Å². The summed E-state index contributed by atoms with van der Waals surface area (Å²) in [6.45, 7) is 4.48. The van der Waals surface area contributed by atoms with Gasteiger partial charge in [-0.25, -0.2) is 0 Å². The summed E-state index contributed by atoms with van der Waals surface area (Å²) < 4.78 is 0. The van der Waals surface area contributed by atoms with Crippen LogP contribution in [-0.4, -0.2) is 40.3 Å². The molecule has 4 rings (SSSR count). The molecule has 2 saturated heterocycles. The number of aromatic nitrogens is 1. The number of carbonyl (C=O) groups excluding carboxylic acids is 1. The topological polar surface area (TPSA) is 79.6 Å². The highest BCUT2D eigenvalue weighted by Gasteiger charge is 2.32. The van der Waals surface area contributed by atoms with E-state index in [0.29, 0.717) is 23.7 Å². The second-order valence-electron chi connectivity index (χ2n) is 8.07. The fourth-order valence-electron chi connectivity index (χ4n) is 4.41. The van der Waals surface area contributed by atoms with Gasteiger partial charge in [-0.15, -0.1) is 0 Å². The van der Waals surface area contributed by atoms with Crippen molar-refractivity contribution in [2.45, 2.75) is 38.6 Å². The Morgan fingerprint density at radius 1 is 1.17 bits per heavy atom. The van der Waals surface area contributed by atoms with Crippen LogP contribution < -0.4 is 4.90 Å². The van der Waals surface area contributed by atoms with Gasteiger partial charge < -0.3 is 9.80 Å². The van der Waals surface area contributed by atoms with Gasteiger partial charge in [-0.3, -0.25) is 19.9 Å². The molecule has 0 N–H and O–H groups in total. The number of nitro benzene ring substituents is 1. The number of piperidine rings is 1. The normalized spacial score (nSPS) is 20.1. The van der Waals surface area contributed by atoms with Crippen LogP contribution in [0.2, 0.25) is 0 Å². The SMILES string of the molecule is CC1CCN(c2ccc(C(=O)N3CCC[C@H]3c3cccnc3)cc2[N+](=O)[O-])CC1. The molecule has 0 bridgehead atoms. The first-order valence-corrected chi connectivity index (χ1v) is 10.3. The number of amides is 1. The molecule has 0 spiro atoms. The van der Waals surface area contributed by atoms with Gasteiger partial charge in [0.15, 0.2) is 0 Å². The maximum Gasteiger partial charge on any atom is 0.293 e. The minimum Gasteiger partial charge on any atom is -0.366 e. The minimum absolute atomic E-state index is 0.0162. The van der Waals surface area contributed by atoms with E-state index in [1.807, 2.05) is 17.0 Å². The number of rotatable bonds is 4. The van der Waals surface area contributed by atoms with Gasteiger partial charge in [0, 0.05) is 43.7 Å². The van der Waals surface area contributed by atoms with Crippen molar-refractivity contribution in [3.8, 4) is 0 Å². The summed E-state index contributed by atoms with van der Waals surface area (Å²) in [5.74, 6) is 0.490. The molecule has 2 aromatic rings. The van der Waals surface area contributed by atoms with Crippen molar-refractivity contribution < 1.29 is 9.72 Å². The Hall–Kier alpha value is -2.96. The molecular weight excluding hydrogens is 368 g/mol. The molecule has 1 amide bonds. The molecule has 1 aromatic heterocycles. The van der Waals surface area contributed by atoms with Crippen molar-refractivity contribution in [3.05, 3.63) is 64.0 Å². The largest absolute Gasteiger partial charge is 0.366 e. The smallest absolute Gasteiger partial charge is 0.293 e. The zero-order valence-electron chi connectivity index (χ0n) is 16.7. The van der Waals surface area contributed by atoms with E-state index in [1.165, 1.54) is 6.07 Å². The van der Waals surface area contributed by atoms with Crippen LogP contribution in [0.1, 0.15) is 54.6 Å². The lowest BCUT2D eigenvalue weighted by Gasteiger charge is -2.32. The highest BCUT2D eigenvalue weighted by molar-refractivity contribution is 5.96. The average molecular weight is 394 g/mol. The molecule has 2 aliphatic rings. The molecule has 29 heavy (non-hydrogen) atoms. The first kappa shape index (κ1) is 19.4. The number of pyridine rings is 1. The average Bonchev–Trinajstić information content (AvgIpc) is 3.24. The van der Waals surface area contributed by atoms with Crippen molar-refractivity contribution in [1.82, 2.24) is 9.88 Å². The third-order valence-electron chi connectivity index (χ3n) is 6.13. The molecule has 2 aliphatic heterocycles. The van der Waals surface area contributed by atoms with Crippen LogP contribution in [0.15, 0.2) is 42.7 Å². The highest BCUT2D eigenvalue weighted by atomic mass is 16.6. The molecule has 1 aromatic carbocycles. The molecule has 0 radical (unpaired) electrons. The van der Waals surface area contributed by atoms with E-state index in [-0.39, 0.29) is 22.6 Å². The molecule has 0 aliphatic carbocycles. The Morgan fingerprint density at radius 2 is 1.97 bits per heavy atom. The Morgan fingerprint density at radius 3 is 2.66 bits per heavy atom. The number of nitro groups is 1. The maximum atomic E-state index is 13.2. The Balaban J connectivity index is 1.60. The Labute approximate surface area is 170 Å². The molecule has 2 fully saturated rings. The summed E-state index contributed by atoms with van der Waals surface area (Å²) in [5.41, 5.74) is 2.01. The fourth-order valence-corrected chi connectivity index (χ4v) is 4.41. The summed E-state index contributed by atoms with van der Waals surface area (Å²) in [5, 5.41) is 11.8. The number of benzene rings is 1. The highest BCUT2D eigenvalue weighted by Crippen LogP contribution is 2.36. The van der Waals surface area contributed by atoms with Crippen molar-refractivity contribution >= 4 is 17.3 Å². The molecule has 0 unspecified atom stereocenters. The van der Waals surface area contributed by atoms with Gasteiger partial charge in [-0.1, -0.05) is 13.0 Å². The standard InChI is InChI=1S/C22H26N4O3/c1-16-8-12-24(13-9-16)20-7-6-17(14-21(20)26(28)29)22(27)25-11-3-5-19(25)18-4-2-10-23-15-18/h2,4,6-7,10,14-16,19H,3,5,8-9,11-13H2,1H3/t19-/m0/s1. The molecule has 152 valence electrons. The maximum absolute atomic E-state index is 13.2. The Bertz CT molecular complexity index is 894. The predicted molar refractivity (Wildman–Crippen MR) is 111 cm³/mol. The number of hydrogen-bond donors (Lipinski definition) is 0. The molecule has 7 heteroatoms. The van der Waals surface area contributed by atoms with Crippen molar-refractivity contribution in [1.29, 1.82) is 0 Å². The van der Waals surface area contributed by atoms with Crippen LogP contribution in [-0.2, 0) is 0 Å². The fraction of sp³-hybridized carbons (Fsp3) is 0.455. The lowest BCUT2D eigenvalue weighted by molar-refractivity contribution is -0.384. The third kappa shape index (κ3) is 3.95. The van der Waals surface area contributed by atoms with Gasteiger partial charge in [0.2, 0.25) is 0 Å². The van der Waals surface area contributed by atoms with Gasteiger partial charge in [0.1, 0.15) is 5.69 Å². The molecule has 3 heterocycles. The minimum atomic E-state index is -0.368. The molecule has 7 nitrogen and oxygen atoms in total. The summed E-state index contributed by atoms with van der Waals surface area (Å²) in [7, 11) is 0. The summed E-state index contributed by atoms with van der Waals surface area (Å²) in [4.78, 5) is 32.7. The zero-order chi connectivity index (χ0) is 20.4. The van der Waals surface area contributed by atoms with E-state index in [4.69, 9.17) is 0 Å². The molecular formula is C22H26N4O3. The third-order valence-corrected chi connectivity index (χ3v) is 6.13. The van der Waals surface area contributed by atoms with E-state index in [2.05, 4.69) is 16.8 Å². The van der Waals surface area contributed by atoms with Crippen LogP contribution in [0.4, 0.5) is 11.4 Å². The first-order chi connectivity index (χ1) is 14.0. The van der Waals surface area contributed by atoms with Crippen LogP contribution in [0.25, 0.3) is 0 Å². The molecule has 0 saturated carbocycles. The van der Waals surface area contributed by atoms with Gasteiger partial charge in [0.05, 0.1) is 11.0 Å². The quantitative estimate of drug-likeness (QED) is 0.573. The number of nitrogens with zero attached hydrogens (tertiary/aromatic N) is 4. The summed E-state index contributed by atoms with van der Waals surface area (Å²) >= 11 is 0. The molecule has 1 atom stereocenters. The van der Waals surface area contributed by atoms with Crippen LogP contribution >= 0.6 is 0 Å². The van der Waals surface area contributed by atoms with E-state index in [0.717, 1.165) is 44.3 Å².